The summed E-state index contributed by atoms with van der Waals surface area (Å²) in [7, 11) is 0. The van der Waals surface area contributed by atoms with Gasteiger partial charge in [0.15, 0.2) is 5.65 Å². The van der Waals surface area contributed by atoms with Crippen LogP contribution >= 0.6 is 22.9 Å². The van der Waals surface area contributed by atoms with Crippen LogP contribution in [0.3, 0.4) is 0 Å². The highest BCUT2D eigenvalue weighted by atomic mass is 35.5. The summed E-state index contributed by atoms with van der Waals surface area (Å²) in [6, 6.07) is 8.75. The van der Waals surface area contributed by atoms with Gasteiger partial charge in [0.05, 0.1) is 10.4 Å². The predicted octanol–water partition coefficient (Wildman–Crippen LogP) is 5.50. The summed E-state index contributed by atoms with van der Waals surface area (Å²) in [5.41, 5.74) is 0.112. The largest absolute Gasteiger partial charge is 0.478 e. The summed E-state index contributed by atoms with van der Waals surface area (Å²) in [4.78, 5) is 16.0. The van der Waals surface area contributed by atoms with Crippen molar-refractivity contribution in [3.8, 4) is 21.7 Å². The second kappa shape index (κ2) is 6.61. The molecule has 0 aliphatic carbocycles. The number of fused-ring (bicyclic) bond motifs is 1. The molecule has 0 atom stereocenters. The number of alkyl halides is 3. The highest BCUT2D eigenvalue weighted by Gasteiger charge is 2.34. The molecule has 0 unspecified atom stereocenters. The van der Waals surface area contributed by atoms with Crippen LogP contribution in [0.1, 0.15) is 16.1 Å². The van der Waals surface area contributed by atoms with Crippen LogP contribution in [-0.4, -0.2) is 25.7 Å². The molecule has 142 valence electrons. The van der Waals surface area contributed by atoms with E-state index in [2.05, 4.69) is 10.1 Å². The molecule has 0 bridgehead atoms. The standard InChI is InChI=1S/C18H9ClF3N3O2S/c19-10-3-1-9(2-4-10)11-8-28-16(15(11)17(26)27)12-7-14-23-6-5-13(18(20,21)22)25(14)24-12/h1-8H,(H,26,27). The van der Waals surface area contributed by atoms with Crippen LogP contribution in [0.2, 0.25) is 5.02 Å². The minimum absolute atomic E-state index is 0.0254. The molecule has 1 N–H and O–H groups in total. The number of benzene rings is 1. The molecule has 0 fully saturated rings. The number of aromatic nitrogens is 3. The molecule has 0 spiro atoms. The molecule has 4 aromatic rings. The van der Waals surface area contributed by atoms with E-state index in [1.54, 1.807) is 29.6 Å². The van der Waals surface area contributed by atoms with Gasteiger partial charge in [0.1, 0.15) is 11.4 Å². The summed E-state index contributed by atoms with van der Waals surface area (Å²) < 4.78 is 40.3. The summed E-state index contributed by atoms with van der Waals surface area (Å²) in [6.07, 6.45) is -3.58. The van der Waals surface area contributed by atoms with E-state index in [0.29, 0.717) is 20.7 Å². The molecule has 0 radical (unpaired) electrons. The summed E-state index contributed by atoms with van der Waals surface area (Å²) in [5.74, 6) is -1.21. The Morgan fingerprint density at radius 2 is 1.89 bits per heavy atom. The van der Waals surface area contributed by atoms with Crippen LogP contribution in [0.25, 0.3) is 27.3 Å². The maximum atomic E-state index is 13.2. The van der Waals surface area contributed by atoms with E-state index in [1.165, 1.54) is 6.07 Å². The van der Waals surface area contributed by atoms with Crippen molar-refractivity contribution < 1.29 is 23.1 Å². The molecule has 0 saturated carbocycles. The fraction of sp³-hybridized carbons (Fsp3) is 0.0556. The Balaban J connectivity index is 1.91. The number of thiophene rings is 1. The van der Waals surface area contributed by atoms with Crippen molar-refractivity contribution in [1.82, 2.24) is 14.6 Å². The van der Waals surface area contributed by atoms with Gasteiger partial charge in [-0.15, -0.1) is 11.3 Å². The van der Waals surface area contributed by atoms with Gasteiger partial charge in [0.25, 0.3) is 0 Å². The highest BCUT2D eigenvalue weighted by molar-refractivity contribution is 7.14. The van der Waals surface area contributed by atoms with Crippen LogP contribution in [0.15, 0.2) is 48.0 Å². The second-order valence-corrected chi connectivity index (χ2v) is 7.11. The van der Waals surface area contributed by atoms with Crippen molar-refractivity contribution in [2.24, 2.45) is 0 Å². The molecule has 0 aliphatic heterocycles. The Bertz CT molecular complexity index is 1200. The number of carbonyl (C=O) groups is 1. The SMILES string of the molecule is O=C(O)c1c(-c2ccc(Cl)cc2)csc1-c1cc2nccc(C(F)(F)F)n2n1. The van der Waals surface area contributed by atoms with E-state index in [0.717, 1.165) is 23.6 Å². The fourth-order valence-electron chi connectivity index (χ4n) is 2.82. The predicted molar refractivity (Wildman–Crippen MR) is 98.7 cm³/mol. The summed E-state index contributed by atoms with van der Waals surface area (Å²) in [5, 5.41) is 15.8. The number of nitrogens with zero attached hydrogens (tertiary/aromatic N) is 3. The van der Waals surface area contributed by atoms with Gasteiger partial charge < -0.3 is 5.11 Å². The van der Waals surface area contributed by atoms with Gasteiger partial charge in [-0.3, -0.25) is 0 Å². The maximum Gasteiger partial charge on any atom is 0.433 e. The van der Waals surface area contributed by atoms with Crippen molar-refractivity contribution in [2.75, 3.05) is 0 Å². The van der Waals surface area contributed by atoms with E-state index < -0.39 is 17.8 Å². The van der Waals surface area contributed by atoms with E-state index >= 15 is 0 Å². The van der Waals surface area contributed by atoms with Gasteiger partial charge in [0.2, 0.25) is 0 Å². The lowest BCUT2D eigenvalue weighted by Crippen LogP contribution is -2.12. The van der Waals surface area contributed by atoms with E-state index in [1.807, 2.05) is 0 Å². The zero-order chi connectivity index (χ0) is 20.1. The van der Waals surface area contributed by atoms with Crippen molar-refractivity contribution in [1.29, 1.82) is 0 Å². The number of aromatic carboxylic acids is 1. The maximum absolute atomic E-state index is 13.2. The monoisotopic (exact) mass is 423 g/mol. The first-order chi connectivity index (χ1) is 13.3. The molecule has 10 heteroatoms. The molecule has 3 heterocycles. The van der Waals surface area contributed by atoms with E-state index in [9.17, 15) is 23.1 Å². The number of halogens is 4. The number of carboxylic acids is 1. The fourth-order valence-corrected chi connectivity index (χ4v) is 3.97. The van der Waals surface area contributed by atoms with Gasteiger partial charge in [-0.1, -0.05) is 23.7 Å². The number of hydrogen-bond donors (Lipinski definition) is 1. The van der Waals surface area contributed by atoms with Gasteiger partial charge in [-0.2, -0.15) is 18.3 Å². The van der Waals surface area contributed by atoms with E-state index in [-0.39, 0.29) is 21.8 Å². The molecule has 0 aliphatic rings. The molecular formula is C18H9ClF3N3O2S. The number of rotatable bonds is 3. The highest BCUT2D eigenvalue weighted by Crippen LogP contribution is 2.39. The Hall–Kier alpha value is -2.91. The third-order valence-electron chi connectivity index (χ3n) is 4.04. The minimum Gasteiger partial charge on any atom is -0.478 e. The van der Waals surface area contributed by atoms with Gasteiger partial charge in [-0.05, 0) is 23.8 Å². The lowest BCUT2D eigenvalue weighted by Gasteiger charge is -2.07. The smallest absolute Gasteiger partial charge is 0.433 e. The first kappa shape index (κ1) is 18.5. The molecule has 0 amide bonds. The zero-order valence-corrected chi connectivity index (χ0v) is 15.3. The minimum atomic E-state index is -4.62. The average molecular weight is 424 g/mol. The van der Waals surface area contributed by atoms with Crippen LogP contribution in [0.5, 0.6) is 0 Å². The lowest BCUT2D eigenvalue weighted by molar-refractivity contribution is -0.142. The topological polar surface area (TPSA) is 67.5 Å². The van der Waals surface area contributed by atoms with Crippen LogP contribution in [-0.2, 0) is 6.18 Å². The normalized spacial score (nSPS) is 11.9. The van der Waals surface area contributed by atoms with Crippen molar-refractivity contribution in [3.05, 3.63) is 64.3 Å². The van der Waals surface area contributed by atoms with Crippen LogP contribution in [0.4, 0.5) is 13.2 Å². The van der Waals surface area contributed by atoms with Crippen molar-refractivity contribution in [2.45, 2.75) is 6.18 Å². The Morgan fingerprint density at radius 3 is 2.54 bits per heavy atom. The van der Waals surface area contributed by atoms with Gasteiger partial charge >= 0.3 is 12.1 Å². The number of hydrogen-bond acceptors (Lipinski definition) is 4. The van der Waals surface area contributed by atoms with E-state index in [4.69, 9.17) is 11.6 Å². The molecule has 5 nitrogen and oxygen atoms in total. The third-order valence-corrected chi connectivity index (χ3v) is 5.30. The Kier molecular flexibility index (Phi) is 4.35. The molecule has 0 saturated heterocycles. The van der Waals surface area contributed by atoms with Crippen LogP contribution < -0.4 is 0 Å². The van der Waals surface area contributed by atoms with Gasteiger partial charge in [0, 0.05) is 28.2 Å². The Morgan fingerprint density at radius 1 is 1.18 bits per heavy atom. The molecular weight excluding hydrogens is 415 g/mol. The zero-order valence-electron chi connectivity index (χ0n) is 13.7. The quantitative estimate of drug-likeness (QED) is 0.472. The molecule has 4 rings (SSSR count). The molecule has 28 heavy (non-hydrogen) atoms. The second-order valence-electron chi connectivity index (χ2n) is 5.79. The van der Waals surface area contributed by atoms with Gasteiger partial charge in [-0.25, -0.2) is 14.3 Å². The Labute approximate surface area is 164 Å². The lowest BCUT2D eigenvalue weighted by atomic mass is 10.0. The van der Waals surface area contributed by atoms with Crippen molar-refractivity contribution in [3.63, 3.8) is 0 Å². The van der Waals surface area contributed by atoms with Crippen molar-refractivity contribution >= 4 is 34.6 Å². The summed E-state index contributed by atoms with van der Waals surface area (Å²) in [6.45, 7) is 0. The average Bonchev–Trinajstić information content (AvgIpc) is 3.25. The third kappa shape index (κ3) is 3.12. The number of carboxylic acid groups (broad SMARTS) is 1. The molecule has 3 aromatic heterocycles. The summed E-state index contributed by atoms with van der Waals surface area (Å²) >= 11 is 6.96. The molecule has 1 aromatic carbocycles. The van der Waals surface area contributed by atoms with Crippen LogP contribution in [0, 0.1) is 0 Å². The first-order valence-electron chi connectivity index (χ1n) is 7.79. The first-order valence-corrected chi connectivity index (χ1v) is 9.04.